The van der Waals surface area contributed by atoms with Crippen molar-refractivity contribution in [2.75, 3.05) is 33.0 Å². The number of ether oxygens (including phenoxy) is 6. The maximum absolute atomic E-state index is 12.9. The average molecular weight is 731 g/mol. The van der Waals surface area contributed by atoms with Gasteiger partial charge in [0.15, 0.2) is 18.9 Å². The first-order chi connectivity index (χ1) is 23.9. The van der Waals surface area contributed by atoms with Crippen molar-refractivity contribution in [2.24, 2.45) is 34.0 Å². The van der Waals surface area contributed by atoms with Gasteiger partial charge in [0.25, 0.3) is 0 Å². The molecule has 15 heteroatoms. The normalized spacial score (nSPS) is 53.9. The zero-order valence-electron chi connectivity index (χ0n) is 29.8. The first-order valence-electron chi connectivity index (χ1n) is 18.7. The van der Waals surface area contributed by atoms with E-state index in [1.54, 1.807) is 0 Å². The summed E-state index contributed by atoms with van der Waals surface area (Å²) in [6.45, 7) is 5.25. The summed E-state index contributed by atoms with van der Waals surface area (Å²) in [6.07, 6.45) is -7.30. The SMILES string of the molecule is CC1(C)C(=O)CC[C@]2(C)[C@@H]1CC[C@@]13C[C@@H](CC[C@H]12)[C@@](O)(CO[C@@H]1O[C@H](CO[C@@H]2OC[C@@](O)(CO[C@@H]4OCC[C@H](O)[C@H]4O)[C@H]2O)[C@@H](O)[C@H](O)[C@H]1O)C3. The van der Waals surface area contributed by atoms with Crippen molar-refractivity contribution in [1.82, 2.24) is 0 Å². The van der Waals surface area contributed by atoms with Crippen LogP contribution in [0.3, 0.4) is 0 Å². The highest BCUT2D eigenvalue weighted by Crippen LogP contribution is 2.72. The molecule has 1 spiro atoms. The number of fused-ring (bicyclic) bond motifs is 3. The van der Waals surface area contributed by atoms with E-state index >= 15 is 0 Å². The number of aliphatic hydroxyl groups excluding tert-OH is 6. The molecule has 0 amide bonds. The minimum atomic E-state index is -1.95. The van der Waals surface area contributed by atoms with Crippen LogP contribution < -0.4 is 0 Å². The molecular formula is C36H58O15. The van der Waals surface area contributed by atoms with Gasteiger partial charge < -0.3 is 69.3 Å². The Bertz CT molecular complexity index is 1280. The Morgan fingerprint density at radius 1 is 0.745 bits per heavy atom. The number of carbonyl (C=O) groups excluding carboxylic acids is 1. The fourth-order valence-electron chi connectivity index (χ4n) is 11.5. The lowest BCUT2D eigenvalue weighted by atomic mass is 9.41. The predicted molar refractivity (Wildman–Crippen MR) is 173 cm³/mol. The van der Waals surface area contributed by atoms with Crippen molar-refractivity contribution in [1.29, 1.82) is 0 Å². The summed E-state index contributed by atoms with van der Waals surface area (Å²) >= 11 is 0. The maximum atomic E-state index is 12.9. The fraction of sp³-hybridized carbons (Fsp3) is 0.972. The third-order valence-corrected chi connectivity index (χ3v) is 14.4. The molecule has 4 aliphatic carbocycles. The van der Waals surface area contributed by atoms with Crippen molar-refractivity contribution in [2.45, 2.75) is 151 Å². The summed E-state index contributed by atoms with van der Waals surface area (Å²) in [6, 6.07) is 0. The van der Waals surface area contributed by atoms with Crippen molar-refractivity contribution in [3.05, 3.63) is 0 Å². The molecular weight excluding hydrogens is 672 g/mol. The maximum Gasteiger partial charge on any atom is 0.186 e. The van der Waals surface area contributed by atoms with E-state index < -0.39 is 92.6 Å². The predicted octanol–water partition coefficient (Wildman–Crippen LogP) is -0.897. The van der Waals surface area contributed by atoms with Crippen molar-refractivity contribution >= 4 is 5.78 Å². The first-order valence-corrected chi connectivity index (χ1v) is 18.7. The minimum Gasteiger partial charge on any atom is -0.390 e. The number of ketones is 1. The Hall–Kier alpha value is -0.890. The second kappa shape index (κ2) is 13.7. The molecule has 3 saturated heterocycles. The Kier molecular flexibility index (Phi) is 10.3. The average Bonchev–Trinajstić information content (AvgIpc) is 3.48. The van der Waals surface area contributed by atoms with Gasteiger partial charge in [0, 0.05) is 11.8 Å². The largest absolute Gasteiger partial charge is 0.390 e. The third kappa shape index (κ3) is 6.44. The van der Waals surface area contributed by atoms with Gasteiger partial charge >= 0.3 is 0 Å². The zero-order chi connectivity index (χ0) is 36.7. The van der Waals surface area contributed by atoms with Gasteiger partial charge in [-0.1, -0.05) is 20.8 Å². The van der Waals surface area contributed by atoms with E-state index in [-0.39, 0.29) is 41.8 Å². The topological polar surface area (TPSA) is 234 Å². The second-order valence-corrected chi connectivity index (χ2v) is 17.7. The summed E-state index contributed by atoms with van der Waals surface area (Å²) in [4.78, 5) is 12.9. The molecule has 0 radical (unpaired) electrons. The van der Waals surface area contributed by atoms with Gasteiger partial charge in [0.1, 0.15) is 48.0 Å². The minimum absolute atomic E-state index is 0.00996. The highest BCUT2D eigenvalue weighted by atomic mass is 16.7. The Balaban J connectivity index is 0.948. The standard InChI is InChI=1S/C36H58O15/c1-32(2)21-6-10-34-12-18(4-5-22(34)33(21,3)9-7-23(32)38)35(44,14-34)15-49-30-27(42)26(41)25(40)20(51-30)13-47-31-28(43)36(45,17-50-31)16-48-29-24(39)19(37)8-11-46-29/h18-22,24-31,37,39-45H,4-17H2,1-3H3/t18-,19+,20-,21-,22+,24-,25-,26+,27-,28+,29+,30-,31-,33-,34+,35+,36+/m1/s1. The number of aliphatic hydroxyl groups is 8. The van der Waals surface area contributed by atoms with Crippen molar-refractivity contribution < 1.29 is 74.1 Å². The van der Waals surface area contributed by atoms with Crippen LogP contribution in [0, 0.1) is 34.0 Å². The van der Waals surface area contributed by atoms with Crippen LogP contribution in [0.25, 0.3) is 0 Å². The molecule has 0 aromatic heterocycles. The molecule has 3 heterocycles. The zero-order valence-corrected chi connectivity index (χ0v) is 29.8. The number of hydrogen-bond acceptors (Lipinski definition) is 15. The van der Waals surface area contributed by atoms with Crippen molar-refractivity contribution in [3.63, 3.8) is 0 Å². The molecule has 3 aliphatic heterocycles. The van der Waals surface area contributed by atoms with Crippen LogP contribution in [0.1, 0.15) is 78.6 Å². The van der Waals surface area contributed by atoms with Crippen LogP contribution in [-0.4, -0.2) is 152 Å². The molecule has 7 rings (SSSR count). The Morgan fingerprint density at radius 3 is 2.24 bits per heavy atom. The molecule has 4 saturated carbocycles. The van der Waals surface area contributed by atoms with Gasteiger partial charge in [-0.3, -0.25) is 4.79 Å². The van der Waals surface area contributed by atoms with E-state index in [1.807, 2.05) is 0 Å². The first kappa shape index (κ1) is 38.4. The Labute approximate surface area is 298 Å². The summed E-state index contributed by atoms with van der Waals surface area (Å²) in [5, 5.41) is 86.1. The van der Waals surface area contributed by atoms with E-state index in [0.717, 1.165) is 38.5 Å². The van der Waals surface area contributed by atoms with Crippen LogP contribution in [0.4, 0.5) is 0 Å². The molecule has 0 aromatic carbocycles. The van der Waals surface area contributed by atoms with E-state index in [0.29, 0.717) is 30.5 Å². The van der Waals surface area contributed by atoms with Crippen LogP contribution in [0.15, 0.2) is 0 Å². The van der Waals surface area contributed by atoms with Gasteiger partial charge in [0.2, 0.25) is 0 Å². The van der Waals surface area contributed by atoms with Gasteiger partial charge in [-0.15, -0.1) is 0 Å². The lowest BCUT2D eigenvalue weighted by Crippen LogP contribution is -2.60. The molecule has 0 unspecified atom stereocenters. The number of carbonyl (C=O) groups is 1. The monoisotopic (exact) mass is 730 g/mol. The molecule has 7 aliphatic rings. The highest BCUT2D eigenvalue weighted by molar-refractivity contribution is 5.85. The molecule has 292 valence electrons. The molecule has 7 fully saturated rings. The fourth-order valence-corrected chi connectivity index (χ4v) is 11.5. The summed E-state index contributed by atoms with van der Waals surface area (Å²) in [5.74, 6) is 1.03. The quantitative estimate of drug-likeness (QED) is 0.144. The van der Waals surface area contributed by atoms with E-state index in [2.05, 4.69) is 20.8 Å². The summed E-state index contributed by atoms with van der Waals surface area (Å²) in [7, 11) is 0. The van der Waals surface area contributed by atoms with Crippen LogP contribution in [0.2, 0.25) is 0 Å². The highest BCUT2D eigenvalue weighted by Gasteiger charge is 2.68. The molecule has 17 atom stereocenters. The number of rotatable bonds is 9. The molecule has 0 aromatic rings. The van der Waals surface area contributed by atoms with E-state index in [4.69, 9.17) is 28.4 Å². The molecule has 2 bridgehead atoms. The molecule has 51 heavy (non-hydrogen) atoms. The lowest BCUT2D eigenvalue weighted by Gasteiger charge is -2.63. The van der Waals surface area contributed by atoms with E-state index in [1.165, 1.54) is 0 Å². The summed E-state index contributed by atoms with van der Waals surface area (Å²) in [5.41, 5.74) is -3.54. The lowest BCUT2D eigenvalue weighted by molar-refractivity contribution is -0.317. The summed E-state index contributed by atoms with van der Waals surface area (Å²) < 4.78 is 33.8. The van der Waals surface area contributed by atoms with Crippen LogP contribution in [-0.2, 0) is 33.2 Å². The molecule has 15 nitrogen and oxygen atoms in total. The second-order valence-electron chi connectivity index (χ2n) is 17.7. The van der Waals surface area contributed by atoms with E-state index in [9.17, 15) is 45.6 Å². The van der Waals surface area contributed by atoms with Crippen LogP contribution in [0.5, 0.6) is 0 Å². The van der Waals surface area contributed by atoms with Gasteiger partial charge in [0.05, 0.1) is 44.7 Å². The third-order valence-electron chi connectivity index (χ3n) is 14.4. The van der Waals surface area contributed by atoms with Gasteiger partial charge in [-0.05, 0) is 80.0 Å². The smallest absolute Gasteiger partial charge is 0.186 e. The molecule has 8 N–H and O–H groups in total. The van der Waals surface area contributed by atoms with Gasteiger partial charge in [-0.2, -0.15) is 0 Å². The van der Waals surface area contributed by atoms with Gasteiger partial charge in [-0.25, -0.2) is 0 Å². The van der Waals surface area contributed by atoms with Crippen LogP contribution >= 0.6 is 0 Å². The van der Waals surface area contributed by atoms with Crippen molar-refractivity contribution in [3.8, 4) is 0 Å². The Morgan fingerprint density at radius 2 is 1.47 bits per heavy atom. The number of hydrogen-bond donors (Lipinski definition) is 8. The number of Topliss-reactive ketones (excluding diaryl/α,β-unsaturated/α-hetero) is 1.